The number of benzene rings is 2. The number of phenolic OH excluding ortho intramolecular Hbond substituents is 1. The largest absolute Gasteiger partial charge is 0.508 e. The highest BCUT2D eigenvalue weighted by atomic mass is 32.1. The molecule has 1 aliphatic rings. The molecule has 0 aromatic heterocycles. The van der Waals surface area contributed by atoms with Crippen molar-refractivity contribution in [2.45, 2.75) is 6.92 Å². The highest BCUT2D eigenvalue weighted by molar-refractivity contribution is 7.80. The molecule has 0 unspecified atom stereocenters. The second-order valence-electron chi connectivity index (χ2n) is 5.38. The van der Waals surface area contributed by atoms with E-state index in [1.165, 1.54) is 23.1 Å². The molecule has 2 aromatic carbocycles. The molecule has 0 spiro atoms. The number of thiocarbonyl (C=S) groups is 1. The van der Waals surface area contributed by atoms with Crippen molar-refractivity contribution in [3.8, 4) is 5.75 Å². The van der Waals surface area contributed by atoms with Crippen LogP contribution in [0.2, 0.25) is 0 Å². The van der Waals surface area contributed by atoms with E-state index >= 15 is 0 Å². The summed E-state index contributed by atoms with van der Waals surface area (Å²) < 4.78 is 0. The van der Waals surface area contributed by atoms with Gasteiger partial charge in [0, 0.05) is 0 Å². The van der Waals surface area contributed by atoms with Gasteiger partial charge in [-0.2, -0.15) is 0 Å². The van der Waals surface area contributed by atoms with Gasteiger partial charge < -0.3 is 5.11 Å². The van der Waals surface area contributed by atoms with Crippen molar-refractivity contribution in [1.29, 1.82) is 0 Å². The van der Waals surface area contributed by atoms with Crippen LogP contribution in [0.25, 0.3) is 6.08 Å². The molecular formula is C18H14N2O3S. The van der Waals surface area contributed by atoms with Crippen LogP contribution >= 0.6 is 12.2 Å². The van der Waals surface area contributed by atoms with Crippen LogP contribution in [0.15, 0.2) is 54.1 Å². The Morgan fingerprint density at radius 3 is 2.29 bits per heavy atom. The van der Waals surface area contributed by atoms with E-state index in [4.69, 9.17) is 12.2 Å². The first kappa shape index (κ1) is 15.9. The standard InChI is InChI=1S/C18H14N2O3S/c1-11-2-6-13(7-3-11)20-17(23)15(16(22)19-18(20)24)10-12-4-8-14(21)9-5-12/h2-10,21H,1H3,(H,19,22,24)/b15-10+. The van der Waals surface area contributed by atoms with E-state index < -0.39 is 11.8 Å². The fraction of sp³-hybridized carbons (Fsp3) is 0.0556. The number of anilines is 1. The van der Waals surface area contributed by atoms with E-state index in [1.807, 2.05) is 19.1 Å². The monoisotopic (exact) mass is 338 g/mol. The summed E-state index contributed by atoms with van der Waals surface area (Å²) >= 11 is 5.14. The summed E-state index contributed by atoms with van der Waals surface area (Å²) in [7, 11) is 0. The molecule has 3 rings (SSSR count). The molecule has 2 amide bonds. The van der Waals surface area contributed by atoms with E-state index in [9.17, 15) is 14.7 Å². The number of rotatable bonds is 2. The second kappa shape index (κ2) is 6.25. The fourth-order valence-corrected chi connectivity index (χ4v) is 2.60. The number of nitrogens with one attached hydrogen (secondary N) is 1. The zero-order valence-electron chi connectivity index (χ0n) is 12.8. The molecule has 0 bridgehead atoms. The van der Waals surface area contributed by atoms with Crippen LogP contribution in [-0.2, 0) is 9.59 Å². The minimum absolute atomic E-state index is 0.0186. The summed E-state index contributed by atoms with van der Waals surface area (Å²) in [5, 5.41) is 11.9. The Hall–Kier alpha value is -2.99. The Bertz CT molecular complexity index is 855. The lowest BCUT2D eigenvalue weighted by molar-refractivity contribution is -0.122. The maximum Gasteiger partial charge on any atom is 0.270 e. The summed E-state index contributed by atoms with van der Waals surface area (Å²) in [6.45, 7) is 1.94. The Kier molecular flexibility index (Phi) is 4.14. The Morgan fingerprint density at radius 1 is 1.04 bits per heavy atom. The number of hydrogen-bond acceptors (Lipinski definition) is 4. The van der Waals surface area contributed by atoms with Gasteiger partial charge in [-0.1, -0.05) is 29.8 Å². The van der Waals surface area contributed by atoms with Crippen LogP contribution in [0, 0.1) is 6.92 Å². The average Bonchev–Trinajstić information content (AvgIpc) is 2.55. The number of amides is 2. The van der Waals surface area contributed by atoms with Gasteiger partial charge in [0.15, 0.2) is 5.11 Å². The minimum atomic E-state index is -0.540. The molecule has 1 saturated heterocycles. The van der Waals surface area contributed by atoms with Crippen molar-refractivity contribution in [2.24, 2.45) is 0 Å². The van der Waals surface area contributed by atoms with Gasteiger partial charge in [0.25, 0.3) is 11.8 Å². The second-order valence-corrected chi connectivity index (χ2v) is 5.77. The molecule has 0 saturated carbocycles. The van der Waals surface area contributed by atoms with Crippen molar-refractivity contribution >= 4 is 40.9 Å². The summed E-state index contributed by atoms with van der Waals surface area (Å²) in [5.41, 5.74) is 2.25. The number of carbonyl (C=O) groups is 2. The van der Waals surface area contributed by atoms with Crippen molar-refractivity contribution in [2.75, 3.05) is 4.90 Å². The molecule has 5 nitrogen and oxygen atoms in total. The Balaban J connectivity index is 1.99. The highest BCUT2D eigenvalue weighted by Crippen LogP contribution is 2.22. The average molecular weight is 338 g/mol. The molecule has 1 aliphatic heterocycles. The topological polar surface area (TPSA) is 69.6 Å². The van der Waals surface area contributed by atoms with Gasteiger partial charge in [0.1, 0.15) is 11.3 Å². The SMILES string of the molecule is Cc1ccc(N2C(=O)/C(=C/c3ccc(O)cc3)C(=O)NC2=S)cc1. The van der Waals surface area contributed by atoms with Crippen LogP contribution in [-0.4, -0.2) is 22.0 Å². The quantitative estimate of drug-likeness (QED) is 0.502. The first-order valence-electron chi connectivity index (χ1n) is 7.23. The van der Waals surface area contributed by atoms with Crippen molar-refractivity contribution < 1.29 is 14.7 Å². The number of phenols is 1. The highest BCUT2D eigenvalue weighted by Gasteiger charge is 2.34. The molecule has 0 aliphatic carbocycles. The van der Waals surface area contributed by atoms with Gasteiger partial charge in [-0.3, -0.25) is 19.8 Å². The number of aryl methyl sites for hydroxylation is 1. The molecule has 6 heteroatoms. The van der Waals surface area contributed by atoms with E-state index in [0.29, 0.717) is 11.3 Å². The third kappa shape index (κ3) is 3.04. The van der Waals surface area contributed by atoms with Gasteiger partial charge in [0.05, 0.1) is 5.69 Å². The predicted octanol–water partition coefficient (Wildman–Crippen LogP) is 2.53. The lowest BCUT2D eigenvalue weighted by Crippen LogP contribution is -2.54. The molecule has 2 aromatic rings. The van der Waals surface area contributed by atoms with Crippen LogP contribution in [0.3, 0.4) is 0 Å². The van der Waals surface area contributed by atoms with E-state index in [-0.39, 0.29) is 16.4 Å². The van der Waals surface area contributed by atoms with Gasteiger partial charge >= 0.3 is 0 Å². The molecule has 1 heterocycles. The molecule has 0 atom stereocenters. The normalized spacial score (nSPS) is 16.5. The van der Waals surface area contributed by atoms with Gasteiger partial charge in [0.2, 0.25) is 0 Å². The number of aromatic hydroxyl groups is 1. The molecule has 0 radical (unpaired) electrons. The fourth-order valence-electron chi connectivity index (χ4n) is 2.32. The maximum atomic E-state index is 12.8. The molecule has 120 valence electrons. The first-order chi connectivity index (χ1) is 11.5. The lowest BCUT2D eigenvalue weighted by Gasteiger charge is -2.29. The third-order valence-corrected chi connectivity index (χ3v) is 3.88. The van der Waals surface area contributed by atoms with E-state index in [0.717, 1.165) is 5.56 Å². The van der Waals surface area contributed by atoms with Gasteiger partial charge in [-0.05, 0) is 55.0 Å². The molecular weight excluding hydrogens is 324 g/mol. The lowest BCUT2D eigenvalue weighted by atomic mass is 10.1. The Labute approximate surface area is 144 Å². The molecule has 2 N–H and O–H groups in total. The zero-order chi connectivity index (χ0) is 17.3. The minimum Gasteiger partial charge on any atom is -0.508 e. The van der Waals surface area contributed by atoms with Gasteiger partial charge in [-0.15, -0.1) is 0 Å². The number of carbonyl (C=O) groups excluding carboxylic acids is 2. The van der Waals surface area contributed by atoms with Crippen LogP contribution in [0.1, 0.15) is 11.1 Å². The summed E-state index contributed by atoms with van der Waals surface area (Å²) in [4.78, 5) is 26.2. The first-order valence-corrected chi connectivity index (χ1v) is 7.64. The Morgan fingerprint density at radius 2 is 1.67 bits per heavy atom. The zero-order valence-corrected chi connectivity index (χ0v) is 13.6. The smallest absolute Gasteiger partial charge is 0.270 e. The van der Waals surface area contributed by atoms with Gasteiger partial charge in [-0.25, -0.2) is 0 Å². The van der Waals surface area contributed by atoms with E-state index in [1.54, 1.807) is 24.3 Å². The van der Waals surface area contributed by atoms with E-state index in [2.05, 4.69) is 5.32 Å². The number of nitrogens with zero attached hydrogens (tertiary/aromatic N) is 1. The maximum absolute atomic E-state index is 12.8. The van der Waals surface area contributed by atoms with Crippen molar-refractivity contribution in [3.63, 3.8) is 0 Å². The number of hydrogen-bond donors (Lipinski definition) is 2. The third-order valence-electron chi connectivity index (χ3n) is 3.60. The van der Waals surface area contributed by atoms with Crippen molar-refractivity contribution in [3.05, 3.63) is 65.2 Å². The summed E-state index contributed by atoms with van der Waals surface area (Å²) in [6.07, 6.45) is 1.47. The summed E-state index contributed by atoms with van der Waals surface area (Å²) in [6, 6.07) is 13.5. The molecule has 24 heavy (non-hydrogen) atoms. The summed E-state index contributed by atoms with van der Waals surface area (Å²) in [5.74, 6) is -0.916. The van der Waals surface area contributed by atoms with Crippen LogP contribution in [0.4, 0.5) is 5.69 Å². The van der Waals surface area contributed by atoms with Crippen LogP contribution in [0.5, 0.6) is 5.75 Å². The molecule has 1 fully saturated rings. The van der Waals surface area contributed by atoms with Crippen LogP contribution < -0.4 is 10.2 Å². The predicted molar refractivity (Wildman–Crippen MR) is 95.5 cm³/mol. The van der Waals surface area contributed by atoms with Crippen molar-refractivity contribution in [1.82, 2.24) is 5.32 Å².